The van der Waals surface area contributed by atoms with Crippen LogP contribution < -0.4 is 27.3 Å². The van der Waals surface area contributed by atoms with Gasteiger partial charge in [0.05, 0.1) is 18.2 Å². The van der Waals surface area contributed by atoms with Gasteiger partial charge in [0.25, 0.3) is 6.01 Å². The van der Waals surface area contributed by atoms with E-state index in [0.29, 0.717) is 23.4 Å². The molecule has 4 atom stereocenters. The van der Waals surface area contributed by atoms with E-state index in [2.05, 4.69) is 10.3 Å². The maximum Gasteiger partial charge on any atom is 0.326 e. The molecule has 2 aromatic carbocycles. The van der Waals surface area contributed by atoms with E-state index in [1.54, 1.807) is 0 Å². The number of nitrogens with one attached hydrogen (secondary N) is 1. The third kappa shape index (κ3) is 2.71. The lowest BCUT2D eigenvalue weighted by Crippen LogP contribution is -2.47. The van der Waals surface area contributed by atoms with Crippen LogP contribution in [0, 0.1) is 5.92 Å². The zero-order chi connectivity index (χ0) is 22.2. The minimum atomic E-state index is -0.871. The molecule has 0 saturated heterocycles. The van der Waals surface area contributed by atoms with E-state index < -0.39 is 23.6 Å². The Bertz CT molecular complexity index is 1250. The van der Waals surface area contributed by atoms with Crippen LogP contribution in [0.15, 0.2) is 34.7 Å². The van der Waals surface area contributed by atoms with Crippen LogP contribution in [0.2, 0.25) is 0 Å². The zero-order valence-electron chi connectivity index (χ0n) is 17.4. The molecule has 1 aliphatic heterocycles. The lowest BCUT2D eigenvalue weighted by Gasteiger charge is -2.37. The number of carboxylic acid groups (broad SMARTS) is 1. The van der Waals surface area contributed by atoms with Crippen molar-refractivity contribution in [2.24, 2.45) is 17.4 Å². The van der Waals surface area contributed by atoms with E-state index in [1.807, 2.05) is 30.3 Å². The van der Waals surface area contributed by atoms with Crippen LogP contribution in [0.1, 0.15) is 47.9 Å². The van der Waals surface area contributed by atoms with Crippen LogP contribution in [0.5, 0.6) is 5.75 Å². The van der Waals surface area contributed by atoms with Crippen molar-refractivity contribution in [1.29, 1.82) is 0 Å². The highest BCUT2D eigenvalue weighted by molar-refractivity contribution is 5.79. The van der Waals surface area contributed by atoms with E-state index in [1.165, 1.54) is 0 Å². The van der Waals surface area contributed by atoms with Gasteiger partial charge in [0, 0.05) is 23.2 Å². The Morgan fingerprint density at radius 2 is 2.06 bits per heavy atom. The quantitative estimate of drug-likeness (QED) is 0.405. The normalized spacial score (nSPS) is 27.1. The van der Waals surface area contributed by atoms with Gasteiger partial charge in [0.2, 0.25) is 0 Å². The average Bonchev–Trinajstić information content (AvgIpc) is 3.50. The van der Waals surface area contributed by atoms with Crippen LogP contribution in [0.4, 0.5) is 11.7 Å². The number of rotatable bonds is 5. The number of nitrogens with two attached hydrogens (primary N) is 3. The number of nitrogens with zero attached hydrogens (tertiary/aromatic N) is 1. The Hall–Kier alpha value is -3.30. The number of ether oxygens (including phenoxy) is 1. The predicted octanol–water partition coefficient (Wildman–Crippen LogP) is 2.42. The smallest absolute Gasteiger partial charge is 0.326 e. The Kier molecular flexibility index (Phi) is 4.00. The minimum Gasteiger partial charge on any atom is -0.493 e. The van der Waals surface area contributed by atoms with Crippen molar-refractivity contribution in [3.63, 3.8) is 0 Å². The molecule has 3 aromatic rings. The van der Waals surface area contributed by atoms with Crippen LogP contribution in [-0.4, -0.2) is 28.7 Å². The molecule has 166 valence electrons. The van der Waals surface area contributed by atoms with Gasteiger partial charge in [0.15, 0.2) is 5.58 Å². The van der Waals surface area contributed by atoms with E-state index >= 15 is 0 Å². The van der Waals surface area contributed by atoms with Gasteiger partial charge in [-0.2, -0.15) is 4.98 Å². The van der Waals surface area contributed by atoms with E-state index in [4.69, 9.17) is 26.4 Å². The number of anilines is 2. The van der Waals surface area contributed by atoms with Crippen LogP contribution >= 0.6 is 0 Å². The first kappa shape index (κ1) is 19.4. The second kappa shape index (κ2) is 6.60. The van der Waals surface area contributed by atoms with Crippen molar-refractivity contribution < 1.29 is 19.1 Å². The van der Waals surface area contributed by atoms with Crippen molar-refractivity contribution in [2.45, 2.75) is 42.8 Å². The number of carbonyl (C=O) groups is 1. The molecule has 3 aliphatic rings. The van der Waals surface area contributed by atoms with Gasteiger partial charge in [-0.05, 0) is 54.5 Å². The van der Waals surface area contributed by atoms with Crippen molar-refractivity contribution in [3.05, 3.63) is 47.0 Å². The molecule has 32 heavy (non-hydrogen) atoms. The molecular weight excluding hydrogens is 410 g/mol. The maximum absolute atomic E-state index is 11.7. The number of aromatic nitrogens is 1. The van der Waals surface area contributed by atoms with Gasteiger partial charge < -0.3 is 36.8 Å². The molecule has 9 nitrogen and oxygen atoms in total. The number of hydrogen-bond donors (Lipinski definition) is 5. The number of nitrogen functional groups attached to an aromatic ring is 1. The molecule has 1 fully saturated rings. The fraction of sp³-hybridized carbons (Fsp3) is 0.391. The summed E-state index contributed by atoms with van der Waals surface area (Å²) in [5, 5.41) is 12.8. The largest absolute Gasteiger partial charge is 0.493 e. The molecule has 2 unspecified atom stereocenters. The summed E-state index contributed by atoms with van der Waals surface area (Å²) in [5.41, 5.74) is 23.4. The van der Waals surface area contributed by atoms with Gasteiger partial charge in [0.1, 0.15) is 17.3 Å². The highest BCUT2D eigenvalue weighted by Crippen LogP contribution is 2.58. The number of benzene rings is 2. The highest BCUT2D eigenvalue weighted by Gasteiger charge is 2.53. The molecule has 0 amide bonds. The number of oxazole rings is 1. The highest BCUT2D eigenvalue weighted by atomic mass is 16.5. The van der Waals surface area contributed by atoms with Crippen molar-refractivity contribution in [2.75, 3.05) is 17.7 Å². The van der Waals surface area contributed by atoms with Gasteiger partial charge >= 0.3 is 5.97 Å². The summed E-state index contributed by atoms with van der Waals surface area (Å²) >= 11 is 0. The third-order valence-electron chi connectivity index (χ3n) is 7.20. The fourth-order valence-corrected chi connectivity index (χ4v) is 5.45. The Morgan fingerprint density at radius 3 is 2.81 bits per heavy atom. The van der Waals surface area contributed by atoms with Crippen molar-refractivity contribution in [3.8, 4) is 5.75 Å². The van der Waals surface area contributed by atoms with Crippen LogP contribution in [0.25, 0.3) is 11.1 Å². The maximum atomic E-state index is 11.7. The van der Waals surface area contributed by atoms with E-state index in [0.717, 1.165) is 41.7 Å². The SMILES string of the molecule is Nc1nc2cc([C@@]3(N)C(N)c4cc(N[C@H](C(=O)O)C5CC5)cc5c4C3CCO5)ccc2o1. The van der Waals surface area contributed by atoms with Crippen molar-refractivity contribution in [1.82, 2.24) is 4.98 Å². The van der Waals surface area contributed by atoms with Gasteiger partial charge in [-0.25, -0.2) is 4.79 Å². The first-order chi connectivity index (χ1) is 15.4. The topological polar surface area (TPSA) is 163 Å². The van der Waals surface area contributed by atoms with Gasteiger partial charge in [-0.3, -0.25) is 0 Å². The number of fused-ring (bicyclic) bond motifs is 1. The molecule has 0 radical (unpaired) electrons. The fourth-order valence-electron chi connectivity index (χ4n) is 5.45. The second-order valence-electron chi connectivity index (χ2n) is 9.11. The van der Waals surface area contributed by atoms with Gasteiger partial charge in [-0.1, -0.05) is 6.07 Å². The second-order valence-corrected chi connectivity index (χ2v) is 9.11. The van der Waals surface area contributed by atoms with Gasteiger partial charge in [-0.15, -0.1) is 0 Å². The monoisotopic (exact) mass is 435 g/mol. The summed E-state index contributed by atoms with van der Waals surface area (Å²) in [4.78, 5) is 16.0. The molecule has 2 aliphatic carbocycles. The average molecular weight is 435 g/mol. The Balaban J connectivity index is 1.43. The summed E-state index contributed by atoms with van der Waals surface area (Å²) in [6, 6.07) is 8.42. The Labute approximate surface area is 183 Å². The molecule has 1 aromatic heterocycles. The lowest BCUT2D eigenvalue weighted by atomic mass is 9.75. The van der Waals surface area contributed by atoms with Crippen molar-refractivity contribution >= 4 is 28.8 Å². The first-order valence-electron chi connectivity index (χ1n) is 10.9. The molecule has 9 heteroatoms. The lowest BCUT2D eigenvalue weighted by molar-refractivity contribution is -0.138. The van der Waals surface area contributed by atoms with E-state index in [9.17, 15) is 9.90 Å². The standard InChI is InChI=1S/C23H25N5O4/c24-20-13-8-12(27-19(21(29)30)10-1-2-10)9-17-18(13)14(5-6-31-17)23(20,26)11-3-4-16-15(7-11)28-22(25)32-16/h3-4,7-10,14,19-20,27H,1-2,5-6,24,26H2,(H2,25,28)(H,29,30)/t14?,19-,20?,23-/m0/s1. The van der Waals surface area contributed by atoms with Crippen LogP contribution in [0.3, 0.4) is 0 Å². The zero-order valence-corrected chi connectivity index (χ0v) is 17.4. The molecule has 8 N–H and O–H groups in total. The van der Waals surface area contributed by atoms with Crippen LogP contribution in [-0.2, 0) is 10.3 Å². The Morgan fingerprint density at radius 1 is 1.25 bits per heavy atom. The number of aliphatic carboxylic acids is 1. The third-order valence-corrected chi connectivity index (χ3v) is 7.20. The number of carboxylic acids is 1. The summed E-state index contributed by atoms with van der Waals surface area (Å²) in [6.07, 6.45) is 2.57. The molecule has 2 heterocycles. The molecule has 0 bridgehead atoms. The number of hydrogen-bond acceptors (Lipinski definition) is 8. The summed E-state index contributed by atoms with van der Waals surface area (Å²) in [7, 11) is 0. The molecule has 1 saturated carbocycles. The minimum absolute atomic E-state index is 0.0364. The summed E-state index contributed by atoms with van der Waals surface area (Å²) in [6.45, 7) is 0.510. The summed E-state index contributed by atoms with van der Waals surface area (Å²) in [5.74, 6) is -0.0193. The van der Waals surface area contributed by atoms with E-state index in [-0.39, 0.29) is 17.9 Å². The first-order valence-corrected chi connectivity index (χ1v) is 10.9. The molecule has 6 rings (SSSR count). The molecule has 0 spiro atoms. The molecular formula is C23H25N5O4. The summed E-state index contributed by atoms with van der Waals surface area (Å²) < 4.78 is 11.4. The predicted molar refractivity (Wildman–Crippen MR) is 118 cm³/mol.